The zero-order valence-corrected chi connectivity index (χ0v) is 15.7. The summed E-state index contributed by atoms with van der Waals surface area (Å²) in [6.45, 7) is 0.958. The van der Waals surface area contributed by atoms with Crippen LogP contribution in [0.15, 0.2) is 59.5 Å². The number of thioether (sulfide) groups is 1. The predicted molar refractivity (Wildman–Crippen MR) is 101 cm³/mol. The highest BCUT2D eigenvalue weighted by atomic mass is 35.5. The molecule has 138 valence electrons. The molecule has 0 aliphatic carbocycles. The molecule has 1 aliphatic rings. The quantitative estimate of drug-likeness (QED) is 0.770. The van der Waals surface area contributed by atoms with Crippen LogP contribution in [0.25, 0.3) is 0 Å². The summed E-state index contributed by atoms with van der Waals surface area (Å²) in [5.41, 5.74) is 0.891. The lowest BCUT2D eigenvalue weighted by Gasteiger charge is -2.33. The number of aliphatic hydroxyl groups excluding tert-OH is 1. The van der Waals surface area contributed by atoms with Crippen LogP contribution in [0.2, 0.25) is 5.02 Å². The van der Waals surface area contributed by atoms with Crippen molar-refractivity contribution in [1.82, 2.24) is 5.06 Å². The van der Waals surface area contributed by atoms with Crippen molar-refractivity contribution in [1.29, 1.82) is 0 Å². The lowest BCUT2D eigenvalue weighted by Crippen LogP contribution is -2.46. The number of nitrogens with zero attached hydrogens (tertiary/aromatic N) is 1. The average Bonchev–Trinajstić information content (AvgIpc) is 2.65. The summed E-state index contributed by atoms with van der Waals surface area (Å²) in [4.78, 5) is 18.0. The first-order chi connectivity index (χ1) is 12.6. The third kappa shape index (κ3) is 5.64. The van der Waals surface area contributed by atoms with E-state index in [1.54, 1.807) is 11.8 Å². The molecule has 3 rings (SSSR count). The molecule has 26 heavy (non-hydrogen) atoms. The van der Waals surface area contributed by atoms with Crippen LogP contribution in [0.5, 0.6) is 0 Å². The van der Waals surface area contributed by atoms with Gasteiger partial charge in [0.05, 0.1) is 12.6 Å². The maximum absolute atomic E-state index is 11.8. The summed E-state index contributed by atoms with van der Waals surface area (Å²) in [7, 11) is 0. The third-order valence-corrected chi connectivity index (χ3v) is 5.64. The van der Waals surface area contributed by atoms with Crippen LogP contribution in [-0.2, 0) is 16.2 Å². The Labute approximate surface area is 161 Å². The lowest BCUT2D eigenvalue weighted by molar-refractivity contribution is -0.156. The predicted octanol–water partition coefficient (Wildman–Crippen LogP) is 4.14. The van der Waals surface area contributed by atoms with Gasteiger partial charge in [-0.15, -0.1) is 16.8 Å². The van der Waals surface area contributed by atoms with Crippen LogP contribution in [0.3, 0.4) is 0 Å². The summed E-state index contributed by atoms with van der Waals surface area (Å²) in [5.74, 6) is 0. The summed E-state index contributed by atoms with van der Waals surface area (Å²) in [6.07, 6.45) is -0.670. The third-order valence-electron chi connectivity index (χ3n) is 3.99. The fraction of sp³-hybridized carbons (Fsp3) is 0.316. The van der Waals surface area contributed by atoms with E-state index >= 15 is 0 Å². The molecule has 1 fully saturated rings. The highest BCUT2D eigenvalue weighted by Gasteiger charge is 2.30. The van der Waals surface area contributed by atoms with Crippen molar-refractivity contribution in [3.8, 4) is 0 Å². The van der Waals surface area contributed by atoms with Crippen molar-refractivity contribution in [2.75, 3.05) is 13.1 Å². The summed E-state index contributed by atoms with van der Waals surface area (Å²) in [6, 6.07) is 16.9. The summed E-state index contributed by atoms with van der Waals surface area (Å²) >= 11 is 7.49. The van der Waals surface area contributed by atoms with Gasteiger partial charge in [0.25, 0.3) is 0 Å². The van der Waals surface area contributed by atoms with Crippen molar-refractivity contribution in [2.24, 2.45) is 0 Å². The number of rotatable bonds is 5. The van der Waals surface area contributed by atoms with Crippen LogP contribution in [0.1, 0.15) is 12.0 Å². The van der Waals surface area contributed by atoms with Gasteiger partial charge in [-0.25, -0.2) is 4.79 Å². The number of hydrogen-bond donors (Lipinski definition) is 1. The van der Waals surface area contributed by atoms with E-state index < -0.39 is 12.3 Å². The molecule has 5 nitrogen and oxygen atoms in total. The normalized spacial score (nSPS) is 20.5. The van der Waals surface area contributed by atoms with Crippen molar-refractivity contribution in [3.05, 3.63) is 65.2 Å². The molecule has 1 N–H and O–H groups in total. The number of halogens is 1. The van der Waals surface area contributed by atoms with Crippen LogP contribution in [0, 0.1) is 0 Å². The number of aliphatic hydroxyl groups is 1. The van der Waals surface area contributed by atoms with Crippen LogP contribution in [0.4, 0.5) is 4.79 Å². The number of carbonyl (C=O) groups is 1. The Balaban J connectivity index is 1.43. The van der Waals surface area contributed by atoms with E-state index in [1.807, 2.05) is 54.6 Å². The Morgan fingerprint density at radius 3 is 2.62 bits per heavy atom. The molecule has 2 atom stereocenters. The minimum atomic E-state index is -0.759. The Kier molecular flexibility index (Phi) is 6.80. The number of piperidine rings is 1. The van der Waals surface area contributed by atoms with Gasteiger partial charge in [-0.1, -0.05) is 41.9 Å². The largest absolute Gasteiger partial charge is 0.528 e. The summed E-state index contributed by atoms with van der Waals surface area (Å²) in [5, 5.41) is 12.5. The molecule has 0 aromatic heterocycles. The molecule has 2 aromatic carbocycles. The number of β-amino-alcohol motifs (C(OH)–C–C–N with tert-alkyl or cyclic N) is 1. The van der Waals surface area contributed by atoms with Crippen molar-refractivity contribution >= 4 is 29.5 Å². The zero-order chi connectivity index (χ0) is 18.4. The van der Waals surface area contributed by atoms with Gasteiger partial charge in [-0.3, -0.25) is 0 Å². The topological polar surface area (TPSA) is 59.0 Å². The van der Waals surface area contributed by atoms with Gasteiger partial charge < -0.3 is 14.7 Å². The first kappa shape index (κ1) is 19.0. The van der Waals surface area contributed by atoms with E-state index in [0.717, 1.165) is 10.5 Å². The fourth-order valence-corrected chi connectivity index (χ4v) is 3.87. The smallest absolute Gasteiger partial charge is 0.428 e. The Morgan fingerprint density at radius 1 is 1.19 bits per heavy atom. The molecule has 7 heteroatoms. The molecule has 0 amide bonds. The van der Waals surface area contributed by atoms with E-state index in [0.29, 0.717) is 18.0 Å². The first-order valence-electron chi connectivity index (χ1n) is 8.34. The van der Waals surface area contributed by atoms with E-state index in [2.05, 4.69) is 0 Å². The maximum Gasteiger partial charge on any atom is 0.528 e. The zero-order valence-electron chi connectivity index (χ0n) is 14.1. The Morgan fingerprint density at radius 2 is 1.92 bits per heavy atom. The van der Waals surface area contributed by atoms with E-state index in [4.69, 9.17) is 21.2 Å². The van der Waals surface area contributed by atoms with Gasteiger partial charge in [0.15, 0.2) is 0 Å². The molecule has 1 heterocycles. The maximum atomic E-state index is 11.8. The highest BCUT2D eigenvalue weighted by Crippen LogP contribution is 2.31. The van der Waals surface area contributed by atoms with Crippen LogP contribution in [-0.4, -0.2) is 40.8 Å². The van der Waals surface area contributed by atoms with E-state index in [1.165, 1.54) is 5.06 Å². The van der Waals surface area contributed by atoms with Gasteiger partial charge >= 0.3 is 6.16 Å². The Hall–Kier alpha value is -1.73. The fourth-order valence-electron chi connectivity index (χ4n) is 2.64. The van der Waals surface area contributed by atoms with Gasteiger partial charge in [-0.05, 0) is 36.2 Å². The van der Waals surface area contributed by atoms with Gasteiger partial charge in [-0.2, -0.15) is 0 Å². The summed E-state index contributed by atoms with van der Waals surface area (Å²) < 4.78 is 5.10. The van der Waals surface area contributed by atoms with Gasteiger partial charge in [0.2, 0.25) is 0 Å². The standard InChI is InChI=1S/C19H20ClNO4S/c20-15-6-8-16(9-7-15)26-18-10-11-21(12-17(18)22)25-19(23)24-13-14-4-2-1-3-5-14/h1-9,17-18,22H,10-13H2. The second kappa shape index (κ2) is 9.28. The molecular formula is C19H20ClNO4S. The minimum Gasteiger partial charge on any atom is -0.428 e. The molecule has 0 radical (unpaired) electrons. The van der Waals surface area contributed by atoms with E-state index in [9.17, 15) is 9.90 Å². The first-order valence-corrected chi connectivity index (χ1v) is 9.60. The van der Waals surface area contributed by atoms with Crippen molar-refractivity contribution < 1.29 is 19.5 Å². The molecule has 0 saturated carbocycles. The molecule has 2 unspecified atom stereocenters. The highest BCUT2D eigenvalue weighted by molar-refractivity contribution is 8.00. The van der Waals surface area contributed by atoms with Gasteiger partial charge in [0.1, 0.15) is 6.61 Å². The van der Waals surface area contributed by atoms with Crippen molar-refractivity contribution in [2.45, 2.75) is 29.3 Å². The molecule has 0 spiro atoms. The number of ether oxygens (including phenoxy) is 1. The monoisotopic (exact) mass is 393 g/mol. The number of hydrogen-bond acceptors (Lipinski definition) is 6. The van der Waals surface area contributed by atoms with E-state index in [-0.39, 0.29) is 18.4 Å². The number of carbonyl (C=O) groups excluding carboxylic acids is 1. The SMILES string of the molecule is O=C(OCc1ccccc1)ON1CCC(Sc2ccc(Cl)cc2)C(O)C1. The number of benzene rings is 2. The number of hydroxylamine groups is 2. The minimum absolute atomic E-state index is 0.0383. The van der Waals surface area contributed by atoms with Crippen LogP contribution < -0.4 is 0 Å². The molecule has 1 aliphatic heterocycles. The Bertz CT molecular complexity index is 713. The second-order valence-corrected chi connectivity index (χ2v) is 7.72. The van der Waals surface area contributed by atoms with Gasteiger partial charge in [0, 0.05) is 21.7 Å². The lowest BCUT2D eigenvalue weighted by atomic mass is 10.1. The molecular weight excluding hydrogens is 374 g/mol. The second-order valence-electron chi connectivity index (χ2n) is 5.97. The average molecular weight is 394 g/mol. The van der Waals surface area contributed by atoms with Crippen LogP contribution >= 0.6 is 23.4 Å². The molecule has 2 aromatic rings. The molecule has 0 bridgehead atoms. The molecule has 1 saturated heterocycles. The van der Waals surface area contributed by atoms with Crippen molar-refractivity contribution in [3.63, 3.8) is 0 Å².